The van der Waals surface area contributed by atoms with E-state index in [1.807, 2.05) is 24.3 Å². The van der Waals surface area contributed by atoms with Gasteiger partial charge in [0, 0.05) is 19.1 Å². The van der Waals surface area contributed by atoms with Gasteiger partial charge in [0.1, 0.15) is 6.61 Å². The third-order valence-corrected chi connectivity index (χ3v) is 4.76. The minimum absolute atomic E-state index is 0.663. The van der Waals surface area contributed by atoms with Gasteiger partial charge in [0.2, 0.25) is 0 Å². The van der Waals surface area contributed by atoms with E-state index in [9.17, 15) is 0 Å². The molecule has 2 fully saturated rings. The van der Waals surface area contributed by atoms with Crippen molar-refractivity contribution < 1.29 is 9.47 Å². The molecule has 3 unspecified atom stereocenters. The molecule has 2 saturated heterocycles. The SMILES string of the molecule is COc1ccccc1OCCN1CC2CNCC2C1C. The lowest BCUT2D eigenvalue weighted by Gasteiger charge is -2.24. The number of benzene rings is 1. The Morgan fingerprint density at radius 3 is 2.80 bits per heavy atom. The summed E-state index contributed by atoms with van der Waals surface area (Å²) in [7, 11) is 1.68. The molecule has 4 nitrogen and oxygen atoms in total. The molecular weight excluding hydrogens is 252 g/mol. The number of nitrogens with zero attached hydrogens (tertiary/aromatic N) is 1. The van der Waals surface area contributed by atoms with Crippen LogP contribution < -0.4 is 14.8 Å². The minimum atomic E-state index is 0.663. The van der Waals surface area contributed by atoms with Gasteiger partial charge in [0.25, 0.3) is 0 Å². The Morgan fingerprint density at radius 2 is 2.05 bits per heavy atom. The zero-order valence-corrected chi connectivity index (χ0v) is 12.3. The quantitative estimate of drug-likeness (QED) is 0.886. The zero-order chi connectivity index (χ0) is 13.9. The van der Waals surface area contributed by atoms with Crippen LogP contribution in [0.3, 0.4) is 0 Å². The molecule has 0 bridgehead atoms. The number of methoxy groups -OCH3 is 1. The first-order valence-corrected chi connectivity index (χ1v) is 7.50. The van der Waals surface area contributed by atoms with Crippen LogP contribution in [0.25, 0.3) is 0 Å². The van der Waals surface area contributed by atoms with Crippen molar-refractivity contribution in [2.45, 2.75) is 13.0 Å². The lowest BCUT2D eigenvalue weighted by molar-refractivity contribution is 0.186. The molecule has 0 saturated carbocycles. The van der Waals surface area contributed by atoms with Gasteiger partial charge in [-0.25, -0.2) is 0 Å². The predicted octanol–water partition coefficient (Wildman–Crippen LogP) is 1.61. The van der Waals surface area contributed by atoms with Crippen LogP contribution >= 0.6 is 0 Å². The lowest BCUT2D eigenvalue weighted by atomic mass is 9.95. The van der Waals surface area contributed by atoms with Crippen LogP contribution in [0.1, 0.15) is 6.92 Å². The first kappa shape index (κ1) is 13.7. The molecule has 110 valence electrons. The van der Waals surface area contributed by atoms with Crippen molar-refractivity contribution in [2.75, 3.05) is 39.9 Å². The molecule has 0 amide bonds. The fraction of sp³-hybridized carbons (Fsp3) is 0.625. The Balaban J connectivity index is 1.51. The second kappa shape index (κ2) is 6.02. The molecule has 0 aromatic heterocycles. The Bertz CT molecular complexity index is 452. The van der Waals surface area contributed by atoms with E-state index in [-0.39, 0.29) is 0 Å². The van der Waals surface area contributed by atoms with Crippen molar-refractivity contribution in [3.05, 3.63) is 24.3 Å². The third-order valence-electron chi connectivity index (χ3n) is 4.76. The van der Waals surface area contributed by atoms with E-state index in [1.165, 1.54) is 19.6 Å². The topological polar surface area (TPSA) is 33.7 Å². The van der Waals surface area contributed by atoms with E-state index in [1.54, 1.807) is 7.11 Å². The molecule has 2 aliphatic rings. The fourth-order valence-corrected chi connectivity index (χ4v) is 3.56. The molecule has 0 aliphatic carbocycles. The monoisotopic (exact) mass is 276 g/mol. The van der Waals surface area contributed by atoms with Gasteiger partial charge in [0.15, 0.2) is 11.5 Å². The minimum Gasteiger partial charge on any atom is -0.493 e. The van der Waals surface area contributed by atoms with E-state index in [0.717, 1.165) is 36.5 Å². The maximum atomic E-state index is 5.88. The van der Waals surface area contributed by atoms with Gasteiger partial charge in [-0.15, -0.1) is 0 Å². The lowest BCUT2D eigenvalue weighted by Crippen LogP contribution is -2.36. The fourth-order valence-electron chi connectivity index (χ4n) is 3.56. The largest absolute Gasteiger partial charge is 0.493 e. The predicted molar refractivity (Wildman–Crippen MR) is 79.4 cm³/mol. The van der Waals surface area contributed by atoms with Crippen LogP contribution in [-0.4, -0.2) is 50.8 Å². The summed E-state index contributed by atoms with van der Waals surface area (Å²) in [6.45, 7) is 7.62. The number of ether oxygens (including phenoxy) is 2. The van der Waals surface area contributed by atoms with Crippen LogP contribution in [0, 0.1) is 11.8 Å². The normalized spacial score (nSPS) is 29.4. The number of para-hydroxylation sites is 2. The van der Waals surface area contributed by atoms with Crippen LogP contribution in [0.2, 0.25) is 0 Å². The second-order valence-corrected chi connectivity index (χ2v) is 5.82. The van der Waals surface area contributed by atoms with Gasteiger partial charge < -0.3 is 14.8 Å². The molecule has 1 aromatic carbocycles. The van der Waals surface area contributed by atoms with Crippen molar-refractivity contribution in [1.82, 2.24) is 10.2 Å². The van der Waals surface area contributed by atoms with Crippen molar-refractivity contribution >= 4 is 0 Å². The summed E-state index contributed by atoms with van der Waals surface area (Å²) in [5, 5.41) is 3.50. The average Bonchev–Trinajstić information content (AvgIpc) is 3.04. The van der Waals surface area contributed by atoms with Gasteiger partial charge in [-0.05, 0) is 44.0 Å². The third kappa shape index (κ3) is 2.63. The molecule has 1 aromatic rings. The van der Waals surface area contributed by atoms with Crippen LogP contribution in [0.15, 0.2) is 24.3 Å². The van der Waals surface area contributed by atoms with E-state index in [2.05, 4.69) is 17.1 Å². The summed E-state index contributed by atoms with van der Waals surface area (Å²) >= 11 is 0. The van der Waals surface area contributed by atoms with Gasteiger partial charge in [-0.1, -0.05) is 12.1 Å². The van der Waals surface area contributed by atoms with E-state index in [0.29, 0.717) is 6.04 Å². The number of hydrogen-bond acceptors (Lipinski definition) is 4. The van der Waals surface area contributed by atoms with Crippen LogP contribution in [0.5, 0.6) is 11.5 Å². The summed E-state index contributed by atoms with van der Waals surface area (Å²) in [6, 6.07) is 8.50. The maximum absolute atomic E-state index is 5.88. The first-order valence-electron chi connectivity index (χ1n) is 7.50. The number of fused-ring (bicyclic) bond motifs is 1. The highest BCUT2D eigenvalue weighted by molar-refractivity contribution is 5.39. The summed E-state index contributed by atoms with van der Waals surface area (Å²) in [6.07, 6.45) is 0. The van der Waals surface area contributed by atoms with Crippen molar-refractivity contribution in [3.63, 3.8) is 0 Å². The molecule has 1 N–H and O–H groups in total. The van der Waals surface area contributed by atoms with Gasteiger partial charge >= 0.3 is 0 Å². The van der Waals surface area contributed by atoms with Crippen molar-refractivity contribution in [2.24, 2.45) is 11.8 Å². The summed E-state index contributed by atoms with van der Waals surface area (Å²) in [5.41, 5.74) is 0. The first-order chi connectivity index (χ1) is 9.79. The molecule has 4 heteroatoms. The van der Waals surface area contributed by atoms with E-state index in [4.69, 9.17) is 9.47 Å². The molecule has 3 atom stereocenters. The number of rotatable bonds is 5. The summed E-state index contributed by atoms with van der Waals surface area (Å²) in [5.74, 6) is 3.30. The molecule has 2 heterocycles. The van der Waals surface area contributed by atoms with Gasteiger partial charge in [0.05, 0.1) is 7.11 Å². The zero-order valence-electron chi connectivity index (χ0n) is 12.3. The van der Waals surface area contributed by atoms with Gasteiger partial charge in [-0.3, -0.25) is 4.90 Å². The molecule has 20 heavy (non-hydrogen) atoms. The summed E-state index contributed by atoms with van der Waals surface area (Å²) < 4.78 is 11.2. The molecular formula is C16H24N2O2. The summed E-state index contributed by atoms with van der Waals surface area (Å²) in [4.78, 5) is 2.56. The smallest absolute Gasteiger partial charge is 0.161 e. The maximum Gasteiger partial charge on any atom is 0.161 e. The van der Waals surface area contributed by atoms with E-state index >= 15 is 0 Å². The van der Waals surface area contributed by atoms with Gasteiger partial charge in [-0.2, -0.15) is 0 Å². The Kier molecular flexibility index (Phi) is 4.13. The van der Waals surface area contributed by atoms with E-state index < -0.39 is 0 Å². The Morgan fingerprint density at radius 1 is 1.25 bits per heavy atom. The average molecular weight is 276 g/mol. The molecule has 0 radical (unpaired) electrons. The van der Waals surface area contributed by atoms with Crippen molar-refractivity contribution in [3.8, 4) is 11.5 Å². The van der Waals surface area contributed by atoms with Crippen LogP contribution in [-0.2, 0) is 0 Å². The standard InChI is InChI=1S/C16H24N2O2/c1-12-14-10-17-9-13(14)11-18(12)7-8-20-16-6-4-3-5-15(16)19-2/h3-6,12-14,17H,7-11H2,1-2H3. The Labute approximate surface area is 121 Å². The highest BCUT2D eigenvalue weighted by Gasteiger charge is 2.41. The molecule has 0 spiro atoms. The second-order valence-electron chi connectivity index (χ2n) is 5.82. The molecule has 2 aliphatic heterocycles. The Hall–Kier alpha value is -1.26. The highest BCUT2D eigenvalue weighted by atomic mass is 16.5. The highest BCUT2D eigenvalue weighted by Crippen LogP contribution is 2.32. The number of likely N-dealkylation sites (tertiary alicyclic amines) is 1. The number of nitrogens with one attached hydrogen (secondary N) is 1. The molecule has 3 rings (SSSR count). The van der Waals surface area contributed by atoms with Crippen molar-refractivity contribution in [1.29, 1.82) is 0 Å². The van der Waals surface area contributed by atoms with Crippen LogP contribution in [0.4, 0.5) is 0 Å². The number of hydrogen-bond donors (Lipinski definition) is 1.